The zero-order valence-corrected chi connectivity index (χ0v) is 12.5. The lowest BCUT2D eigenvalue weighted by atomic mass is 9.77. The minimum absolute atomic E-state index is 0.0936. The third-order valence-corrected chi connectivity index (χ3v) is 4.88. The summed E-state index contributed by atoms with van der Waals surface area (Å²) in [5.41, 5.74) is 1.02. The van der Waals surface area contributed by atoms with Gasteiger partial charge in [-0.2, -0.15) is 0 Å². The molecule has 2 aliphatic rings. The molecule has 21 heavy (non-hydrogen) atoms. The van der Waals surface area contributed by atoms with E-state index in [-0.39, 0.29) is 5.41 Å². The Morgan fingerprint density at radius 2 is 2.00 bits per heavy atom. The van der Waals surface area contributed by atoms with Crippen LogP contribution < -0.4 is 0 Å². The van der Waals surface area contributed by atoms with Crippen molar-refractivity contribution >= 4 is 5.91 Å². The summed E-state index contributed by atoms with van der Waals surface area (Å²) in [5, 5.41) is 0. The van der Waals surface area contributed by atoms with Gasteiger partial charge in [-0.15, -0.1) is 6.58 Å². The Hall–Kier alpha value is -1.68. The van der Waals surface area contributed by atoms with Crippen molar-refractivity contribution in [3.8, 4) is 0 Å². The van der Waals surface area contributed by atoms with E-state index in [1.807, 2.05) is 29.3 Å². The third-order valence-electron chi connectivity index (χ3n) is 4.88. The molecule has 0 atom stereocenters. The van der Waals surface area contributed by atoms with Crippen LogP contribution in [0.3, 0.4) is 0 Å². The molecule has 2 saturated heterocycles. The molecule has 0 aliphatic carbocycles. The van der Waals surface area contributed by atoms with Crippen LogP contribution >= 0.6 is 0 Å². The van der Waals surface area contributed by atoms with Gasteiger partial charge in [0.05, 0.1) is 11.1 Å². The summed E-state index contributed by atoms with van der Waals surface area (Å²) in [4.78, 5) is 21.3. The molecule has 1 aromatic rings. The van der Waals surface area contributed by atoms with Crippen molar-refractivity contribution in [2.24, 2.45) is 5.41 Å². The molecule has 4 heteroatoms. The lowest BCUT2D eigenvalue weighted by molar-refractivity contribution is -0.138. The fraction of sp³-hybridized carbons (Fsp3) is 0.529. The molecular formula is C17H23N3O. The number of hydrogen-bond acceptors (Lipinski definition) is 3. The largest absolute Gasteiger partial charge is 0.338 e. The number of nitrogens with zero attached hydrogens (tertiary/aromatic N) is 3. The molecule has 1 amide bonds. The molecular weight excluding hydrogens is 262 g/mol. The molecule has 0 N–H and O–H groups in total. The monoisotopic (exact) mass is 285 g/mol. The van der Waals surface area contributed by atoms with E-state index in [0.29, 0.717) is 12.5 Å². The number of carbonyl (C=O) groups is 1. The zero-order chi connectivity index (χ0) is 14.7. The number of amides is 1. The van der Waals surface area contributed by atoms with E-state index in [4.69, 9.17) is 0 Å². The van der Waals surface area contributed by atoms with Crippen molar-refractivity contribution in [1.29, 1.82) is 0 Å². The highest BCUT2D eigenvalue weighted by Crippen LogP contribution is 2.41. The van der Waals surface area contributed by atoms with Gasteiger partial charge in [-0.25, -0.2) is 0 Å². The van der Waals surface area contributed by atoms with Gasteiger partial charge in [0.25, 0.3) is 0 Å². The average Bonchev–Trinajstić information content (AvgIpc) is 2.81. The lowest BCUT2D eigenvalue weighted by Gasteiger charge is -2.37. The van der Waals surface area contributed by atoms with Gasteiger partial charge < -0.3 is 4.90 Å². The van der Waals surface area contributed by atoms with Gasteiger partial charge in [0, 0.05) is 25.8 Å². The van der Waals surface area contributed by atoms with E-state index in [1.165, 1.54) is 0 Å². The van der Waals surface area contributed by atoms with E-state index < -0.39 is 0 Å². The maximum Gasteiger partial charge on any atom is 0.229 e. The Morgan fingerprint density at radius 1 is 1.24 bits per heavy atom. The number of aromatic nitrogens is 1. The first-order valence-corrected chi connectivity index (χ1v) is 7.76. The number of rotatable bonds is 4. The van der Waals surface area contributed by atoms with Crippen LogP contribution in [0.1, 0.15) is 25.0 Å². The van der Waals surface area contributed by atoms with Crippen molar-refractivity contribution < 1.29 is 4.79 Å². The Bertz CT molecular complexity index is 506. The second-order valence-corrected chi connectivity index (χ2v) is 6.17. The number of pyridine rings is 1. The van der Waals surface area contributed by atoms with Crippen LogP contribution in [0.15, 0.2) is 37.1 Å². The number of likely N-dealkylation sites (tertiary alicyclic amines) is 2. The smallest absolute Gasteiger partial charge is 0.229 e. The maximum atomic E-state index is 12.6. The van der Waals surface area contributed by atoms with E-state index in [0.717, 1.165) is 51.1 Å². The lowest BCUT2D eigenvalue weighted by Crippen LogP contribution is -2.44. The van der Waals surface area contributed by atoms with Crippen molar-refractivity contribution in [2.75, 3.05) is 26.2 Å². The van der Waals surface area contributed by atoms with E-state index in [2.05, 4.69) is 22.5 Å². The summed E-state index contributed by atoms with van der Waals surface area (Å²) >= 11 is 0. The van der Waals surface area contributed by atoms with Crippen LogP contribution in [0.4, 0.5) is 0 Å². The van der Waals surface area contributed by atoms with Crippen molar-refractivity contribution in [3.63, 3.8) is 0 Å². The maximum absolute atomic E-state index is 12.6. The first-order chi connectivity index (χ1) is 10.2. The number of piperidine rings is 1. The standard InChI is InChI=1S/C17H23N3O/c1-2-10-20-13-8-17(16(20)21)6-11-19(12-7-17)14-15-5-3-4-9-18-15/h2-5,9H,1,6-8,10-14H2. The van der Waals surface area contributed by atoms with Gasteiger partial charge in [0.2, 0.25) is 5.91 Å². The molecule has 4 nitrogen and oxygen atoms in total. The first-order valence-electron chi connectivity index (χ1n) is 7.76. The van der Waals surface area contributed by atoms with Crippen LogP contribution in [0.2, 0.25) is 0 Å². The molecule has 0 bridgehead atoms. The molecule has 1 spiro atoms. The molecule has 0 unspecified atom stereocenters. The molecule has 3 heterocycles. The van der Waals surface area contributed by atoms with Gasteiger partial charge >= 0.3 is 0 Å². The number of hydrogen-bond donors (Lipinski definition) is 0. The Kier molecular flexibility index (Phi) is 4.06. The highest BCUT2D eigenvalue weighted by molar-refractivity contribution is 5.85. The van der Waals surface area contributed by atoms with Crippen molar-refractivity contribution in [2.45, 2.75) is 25.8 Å². The fourth-order valence-electron chi connectivity index (χ4n) is 3.55. The number of carbonyl (C=O) groups excluding carboxylic acids is 1. The molecule has 112 valence electrons. The quantitative estimate of drug-likeness (QED) is 0.795. The Balaban J connectivity index is 1.58. The molecule has 3 rings (SSSR count). The summed E-state index contributed by atoms with van der Waals surface area (Å²) < 4.78 is 0. The van der Waals surface area contributed by atoms with Crippen molar-refractivity contribution in [1.82, 2.24) is 14.8 Å². The van der Waals surface area contributed by atoms with Gasteiger partial charge in [0.15, 0.2) is 0 Å². The van der Waals surface area contributed by atoms with Gasteiger partial charge in [-0.3, -0.25) is 14.7 Å². The topological polar surface area (TPSA) is 36.4 Å². The van der Waals surface area contributed by atoms with E-state index in [9.17, 15) is 4.79 Å². The van der Waals surface area contributed by atoms with Crippen LogP contribution in [-0.4, -0.2) is 46.9 Å². The predicted molar refractivity (Wildman–Crippen MR) is 82.6 cm³/mol. The van der Waals surface area contributed by atoms with Crippen LogP contribution in [0.25, 0.3) is 0 Å². The highest BCUT2D eigenvalue weighted by atomic mass is 16.2. The van der Waals surface area contributed by atoms with Crippen LogP contribution in [0.5, 0.6) is 0 Å². The van der Waals surface area contributed by atoms with Gasteiger partial charge in [-0.1, -0.05) is 12.1 Å². The highest BCUT2D eigenvalue weighted by Gasteiger charge is 2.47. The zero-order valence-electron chi connectivity index (χ0n) is 12.5. The van der Waals surface area contributed by atoms with Crippen molar-refractivity contribution in [3.05, 3.63) is 42.7 Å². The predicted octanol–water partition coefficient (Wildman–Crippen LogP) is 2.08. The van der Waals surface area contributed by atoms with E-state index >= 15 is 0 Å². The minimum Gasteiger partial charge on any atom is -0.338 e. The molecule has 2 aliphatic heterocycles. The normalized spacial score (nSPS) is 21.9. The summed E-state index contributed by atoms with van der Waals surface area (Å²) in [7, 11) is 0. The van der Waals surface area contributed by atoms with E-state index in [1.54, 1.807) is 0 Å². The Labute approximate surface area is 126 Å². The molecule has 0 radical (unpaired) electrons. The van der Waals surface area contributed by atoms with Crippen LogP contribution in [0, 0.1) is 5.41 Å². The third kappa shape index (κ3) is 2.86. The SMILES string of the molecule is C=CCN1CCC2(CCN(Cc3ccccn3)CC2)C1=O. The summed E-state index contributed by atoms with van der Waals surface area (Å²) in [6.45, 7) is 8.20. The second-order valence-electron chi connectivity index (χ2n) is 6.17. The molecule has 2 fully saturated rings. The average molecular weight is 285 g/mol. The molecule has 1 aromatic heterocycles. The summed E-state index contributed by atoms with van der Waals surface area (Å²) in [6.07, 6.45) is 6.64. The Morgan fingerprint density at radius 3 is 2.67 bits per heavy atom. The minimum atomic E-state index is -0.0936. The first kappa shape index (κ1) is 14.3. The second kappa shape index (κ2) is 5.98. The van der Waals surface area contributed by atoms with Gasteiger partial charge in [-0.05, 0) is 44.5 Å². The molecule has 0 saturated carbocycles. The fourth-order valence-corrected chi connectivity index (χ4v) is 3.55. The molecule has 0 aromatic carbocycles. The summed E-state index contributed by atoms with van der Waals surface area (Å²) in [6, 6.07) is 6.04. The van der Waals surface area contributed by atoms with Crippen LogP contribution in [-0.2, 0) is 11.3 Å². The summed E-state index contributed by atoms with van der Waals surface area (Å²) in [5.74, 6) is 0.347. The van der Waals surface area contributed by atoms with Gasteiger partial charge in [0.1, 0.15) is 0 Å².